The van der Waals surface area contributed by atoms with Crippen LogP contribution in [0, 0.1) is 7.43 Å². The SMILES string of the molecule is C[S+](C)C(=O)NCc1ccccc1.[CH3-]. The lowest BCUT2D eigenvalue weighted by atomic mass is 10.2. The first-order valence-electron chi connectivity index (χ1n) is 4.09. The highest BCUT2D eigenvalue weighted by atomic mass is 32.2. The molecule has 0 unspecified atom stereocenters. The molecule has 0 spiro atoms. The first kappa shape index (κ1) is 13.0. The molecule has 0 bridgehead atoms. The highest BCUT2D eigenvalue weighted by Gasteiger charge is 2.15. The molecular formula is C11H17NOS. The zero-order chi connectivity index (χ0) is 9.68. The Morgan fingerprint density at radius 2 is 1.86 bits per heavy atom. The number of hydrogen-bond donors (Lipinski definition) is 1. The van der Waals surface area contributed by atoms with Gasteiger partial charge >= 0.3 is 5.24 Å². The summed E-state index contributed by atoms with van der Waals surface area (Å²) in [7, 11) is -0.184. The van der Waals surface area contributed by atoms with E-state index < -0.39 is 0 Å². The number of carbonyl (C=O) groups is 1. The Morgan fingerprint density at radius 1 is 1.29 bits per heavy atom. The number of amides is 1. The van der Waals surface area contributed by atoms with Crippen molar-refractivity contribution in [2.45, 2.75) is 6.54 Å². The normalized spacial score (nSPS) is 9.36. The first-order valence-corrected chi connectivity index (χ1v) is 6.13. The third-order valence-corrected chi connectivity index (χ3v) is 2.54. The monoisotopic (exact) mass is 211 g/mol. The molecule has 14 heavy (non-hydrogen) atoms. The van der Waals surface area contributed by atoms with Gasteiger partial charge < -0.3 is 12.7 Å². The molecular weight excluding hydrogens is 194 g/mol. The van der Waals surface area contributed by atoms with E-state index in [1.54, 1.807) is 0 Å². The second-order valence-electron chi connectivity index (χ2n) is 2.94. The van der Waals surface area contributed by atoms with Crippen molar-refractivity contribution in [1.82, 2.24) is 5.32 Å². The maximum Gasteiger partial charge on any atom is 0.428 e. The fraction of sp³-hybridized carbons (Fsp3) is 0.273. The summed E-state index contributed by atoms with van der Waals surface area (Å²) >= 11 is 0. The fourth-order valence-corrected chi connectivity index (χ4v) is 1.28. The van der Waals surface area contributed by atoms with Crippen LogP contribution in [-0.4, -0.2) is 17.8 Å². The summed E-state index contributed by atoms with van der Waals surface area (Å²) < 4.78 is 0. The number of rotatable bonds is 2. The fourth-order valence-electron chi connectivity index (χ4n) is 0.914. The van der Waals surface area contributed by atoms with Crippen LogP contribution >= 0.6 is 0 Å². The molecule has 0 aliphatic carbocycles. The molecule has 2 nitrogen and oxygen atoms in total. The van der Waals surface area contributed by atoms with Crippen LogP contribution in [0.1, 0.15) is 5.56 Å². The molecule has 0 atom stereocenters. The predicted molar refractivity (Wildman–Crippen MR) is 64.3 cm³/mol. The van der Waals surface area contributed by atoms with Crippen LogP contribution in [0.3, 0.4) is 0 Å². The molecule has 1 amide bonds. The summed E-state index contributed by atoms with van der Waals surface area (Å²) in [5.41, 5.74) is 1.14. The van der Waals surface area contributed by atoms with Gasteiger partial charge in [-0.05, 0) is 5.56 Å². The summed E-state index contributed by atoms with van der Waals surface area (Å²) in [5, 5.41) is 3.00. The Kier molecular flexibility index (Phi) is 6.04. The standard InChI is InChI=1S/C10H13NOS.CH3/c1-13(2)10(12)11-8-9-6-4-3-5-7-9;/h3-7H,8H2,1-2H3;1H3/q;-1/p+1. The van der Waals surface area contributed by atoms with Crippen LogP contribution in [0.15, 0.2) is 30.3 Å². The molecule has 0 aliphatic rings. The summed E-state index contributed by atoms with van der Waals surface area (Å²) in [5.74, 6) is 0. The molecule has 0 fully saturated rings. The summed E-state index contributed by atoms with van der Waals surface area (Å²) in [6.45, 7) is 0.630. The zero-order valence-electron chi connectivity index (χ0n) is 8.91. The Bertz CT molecular complexity index is 272. The van der Waals surface area contributed by atoms with Gasteiger partial charge in [0.05, 0.1) is 10.9 Å². The van der Waals surface area contributed by atoms with Crippen molar-refractivity contribution >= 4 is 16.1 Å². The highest BCUT2D eigenvalue weighted by molar-refractivity contribution is 8.09. The van der Waals surface area contributed by atoms with Gasteiger partial charge in [-0.15, -0.1) is 0 Å². The Labute approximate surface area is 89.1 Å². The van der Waals surface area contributed by atoms with E-state index in [1.807, 2.05) is 42.8 Å². The highest BCUT2D eigenvalue weighted by Crippen LogP contribution is 1.98. The second-order valence-corrected chi connectivity index (χ2v) is 4.95. The molecule has 0 aliphatic heterocycles. The van der Waals surface area contributed by atoms with Gasteiger partial charge in [0, 0.05) is 6.54 Å². The quantitative estimate of drug-likeness (QED) is 0.590. The van der Waals surface area contributed by atoms with Gasteiger partial charge in [0.25, 0.3) is 0 Å². The van der Waals surface area contributed by atoms with E-state index in [9.17, 15) is 4.79 Å². The number of nitrogens with one attached hydrogen (secondary N) is 1. The van der Waals surface area contributed by atoms with E-state index in [4.69, 9.17) is 0 Å². The summed E-state index contributed by atoms with van der Waals surface area (Å²) in [6, 6.07) is 9.92. The van der Waals surface area contributed by atoms with Crippen molar-refractivity contribution in [1.29, 1.82) is 0 Å². The average molecular weight is 211 g/mol. The van der Waals surface area contributed by atoms with Gasteiger partial charge in [-0.25, -0.2) is 4.79 Å². The van der Waals surface area contributed by atoms with Crippen molar-refractivity contribution in [2.75, 3.05) is 12.5 Å². The zero-order valence-corrected chi connectivity index (χ0v) is 9.73. The molecule has 1 aromatic rings. The molecule has 1 aromatic carbocycles. The van der Waals surface area contributed by atoms with Crippen LogP contribution in [0.4, 0.5) is 4.79 Å². The number of carbonyl (C=O) groups excluding carboxylic acids is 1. The lowest BCUT2D eigenvalue weighted by Crippen LogP contribution is -2.27. The van der Waals surface area contributed by atoms with Crippen LogP contribution < -0.4 is 5.32 Å². The minimum Gasteiger partial charge on any atom is -0.358 e. The molecule has 0 aromatic heterocycles. The van der Waals surface area contributed by atoms with Crippen molar-refractivity contribution in [2.24, 2.45) is 0 Å². The van der Waals surface area contributed by atoms with Gasteiger partial charge in [-0.3, -0.25) is 0 Å². The van der Waals surface area contributed by atoms with Gasteiger partial charge in [-0.1, -0.05) is 30.3 Å². The van der Waals surface area contributed by atoms with Crippen molar-refractivity contribution in [3.8, 4) is 0 Å². The second kappa shape index (κ2) is 6.49. The minimum atomic E-state index is -0.184. The average Bonchev–Trinajstić information content (AvgIpc) is 2.15. The molecule has 1 rings (SSSR count). The Morgan fingerprint density at radius 3 is 2.36 bits per heavy atom. The molecule has 1 N–H and O–H groups in total. The van der Waals surface area contributed by atoms with Gasteiger partial charge in [0.2, 0.25) is 0 Å². The predicted octanol–water partition coefficient (Wildman–Crippen LogP) is 2.22. The largest absolute Gasteiger partial charge is 0.428 e. The van der Waals surface area contributed by atoms with E-state index in [2.05, 4.69) is 5.32 Å². The number of benzene rings is 1. The van der Waals surface area contributed by atoms with Gasteiger partial charge in [-0.2, -0.15) is 0 Å². The molecule has 78 valence electrons. The maximum atomic E-state index is 11.2. The van der Waals surface area contributed by atoms with Crippen LogP contribution in [0.2, 0.25) is 0 Å². The van der Waals surface area contributed by atoms with E-state index in [1.165, 1.54) is 0 Å². The third-order valence-electron chi connectivity index (χ3n) is 1.65. The van der Waals surface area contributed by atoms with E-state index in [-0.39, 0.29) is 23.6 Å². The first-order chi connectivity index (χ1) is 6.20. The minimum absolute atomic E-state index is 0. The van der Waals surface area contributed by atoms with E-state index >= 15 is 0 Å². The summed E-state index contributed by atoms with van der Waals surface area (Å²) in [6.07, 6.45) is 3.83. The van der Waals surface area contributed by atoms with E-state index in [0.29, 0.717) is 6.54 Å². The molecule has 0 heterocycles. The van der Waals surface area contributed by atoms with Crippen LogP contribution in [0.5, 0.6) is 0 Å². The van der Waals surface area contributed by atoms with Gasteiger partial charge in [0.1, 0.15) is 12.5 Å². The van der Waals surface area contributed by atoms with Crippen molar-refractivity contribution < 1.29 is 4.79 Å². The Hall–Kier alpha value is -0.960. The molecule has 0 saturated heterocycles. The van der Waals surface area contributed by atoms with E-state index in [0.717, 1.165) is 5.56 Å². The molecule has 3 heteroatoms. The lowest BCUT2D eigenvalue weighted by Gasteiger charge is -2.01. The third kappa shape index (κ3) is 4.33. The lowest BCUT2D eigenvalue weighted by molar-refractivity contribution is 0.260. The molecule has 0 saturated carbocycles. The van der Waals surface area contributed by atoms with Gasteiger partial charge in [0.15, 0.2) is 0 Å². The van der Waals surface area contributed by atoms with Crippen molar-refractivity contribution in [3.63, 3.8) is 0 Å². The maximum absolute atomic E-state index is 11.2. The van der Waals surface area contributed by atoms with Crippen LogP contribution in [0.25, 0.3) is 0 Å². The van der Waals surface area contributed by atoms with Crippen molar-refractivity contribution in [3.05, 3.63) is 43.3 Å². The number of hydrogen-bond acceptors (Lipinski definition) is 1. The smallest absolute Gasteiger partial charge is 0.358 e. The summed E-state index contributed by atoms with van der Waals surface area (Å²) in [4.78, 5) is 11.2. The molecule has 0 radical (unpaired) electrons. The van der Waals surface area contributed by atoms with Crippen LogP contribution in [-0.2, 0) is 17.4 Å². The topological polar surface area (TPSA) is 29.1 Å². The Balaban J connectivity index is 0.00000169.